The minimum atomic E-state index is 0.519. The number of hydrogen-bond acceptors (Lipinski definition) is 3. The molecule has 1 aromatic rings. The summed E-state index contributed by atoms with van der Waals surface area (Å²) in [6.45, 7) is 5.37. The average molecular weight is 269 g/mol. The first-order chi connectivity index (χ1) is 8.20. The second-order valence-corrected chi connectivity index (χ2v) is 7.68. The Balaban J connectivity index is 1.98. The Morgan fingerprint density at radius 1 is 1.53 bits per heavy atom. The molecule has 0 spiro atoms. The summed E-state index contributed by atoms with van der Waals surface area (Å²) in [5, 5.41) is 3.54. The number of aryl methyl sites for hydroxylation is 1. The molecule has 1 aliphatic carbocycles. The molecule has 0 bridgehead atoms. The quantitative estimate of drug-likeness (QED) is 0.878. The van der Waals surface area contributed by atoms with Gasteiger partial charge in [-0.3, -0.25) is 0 Å². The van der Waals surface area contributed by atoms with Gasteiger partial charge >= 0.3 is 0 Å². The number of thioether (sulfide) groups is 1. The lowest BCUT2D eigenvalue weighted by Crippen LogP contribution is -2.19. The highest BCUT2D eigenvalue weighted by Crippen LogP contribution is 2.41. The fourth-order valence-electron chi connectivity index (χ4n) is 2.67. The summed E-state index contributed by atoms with van der Waals surface area (Å²) in [6, 6.07) is 2.21. The normalized spacial score (nSPS) is 27.0. The van der Waals surface area contributed by atoms with E-state index >= 15 is 0 Å². The molecule has 0 amide bonds. The molecule has 1 fully saturated rings. The molecule has 0 aliphatic heterocycles. The highest BCUT2D eigenvalue weighted by atomic mass is 32.2. The molecular formula is C14H23NS2. The smallest absolute Gasteiger partial charge is 0.0518 e. The summed E-state index contributed by atoms with van der Waals surface area (Å²) >= 11 is 4.00. The van der Waals surface area contributed by atoms with E-state index in [1.165, 1.54) is 36.1 Å². The lowest BCUT2D eigenvalue weighted by Gasteiger charge is -2.29. The Hall–Kier alpha value is 0.01000. The Kier molecular flexibility index (Phi) is 4.95. The highest BCUT2D eigenvalue weighted by Gasteiger charge is 2.24. The van der Waals surface area contributed by atoms with Crippen molar-refractivity contribution in [1.29, 1.82) is 0 Å². The van der Waals surface area contributed by atoms with E-state index in [9.17, 15) is 0 Å². The minimum Gasteiger partial charge on any atom is -0.329 e. The molecule has 3 unspecified atom stereocenters. The predicted molar refractivity (Wildman–Crippen MR) is 79.9 cm³/mol. The third kappa shape index (κ3) is 3.49. The Labute approximate surface area is 113 Å². The lowest BCUT2D eigenvalue weighted by atomic mass is 9.91. The molecule has 2 rings (SSSR count). The van der Waals surface area contributed by atoms with Crippen LogP contribution in [-0.4, -0.2) is 11.8 Å². The van der Waals surface area contributed by atoms with Crippen LogP contribution in [0.3, 0.4) is 0 Å². The van der Waals surface area contributed by atoms with Gasteiger partial charge in [0, 0.05) is 16.7 Å². The topological polar surface area (TPSA) is 26.0 Å². The molecule has 0 radical (unpaired) electrons. The van der Waals surface area contributed by atoms with E-state index in [-0.39, 0.29) is 0 Å². The van der Waals surface area contributed by atoms with Gasteiger partial charge in [0.15, 0.2) is 0 Å². The third-order valence-electron chi connectivity index (χ3n) is 3.65. The summed E-state index contributed by atoms with van der Waals surface area (Å²) in [5.74, 6) is 0.907. The van der Waals surface area contributed by atoms with Gasteiger partial charge in [-0.2, -0.15) is 0 Å². The van der Waals surface area contributed by atoms with Gasteiger partial charge in [0.05, 0.1) is 5.25 Å². The van der Waals surface area contributed by atoms with Crippen LogP contribution in [0.25, 0.3) is 0 Å². The fourth-order valence-corrected chi connectivity index (χ4v) is 5.55. The van der Waals surface area contributed by atoms with E-state index in [0.29, 0.717) is 5.25 Å². The molecular weight excluding hydrogens is 246 g/mol. The monoisotopic (exact) mass is 269 g/mol. The van der Waals surface area contributed by atoms with Crippen LogP contribution in [-0.2, 0) is 0 Å². The average Bonchev–Trinajstić information content (AvgIpc) is 2.72. The Morgan fingerprint density at radius 3 is 2.94 bits per heavy atom. The standard InChI is InChI=1S/C14H23NS2/c1-10-4-3-5-12(8-10)17-13(9-15)14-11(2)6-7-16-14/h6-7,10,12-13H,3-5,8-9,15H2,1-2H3. The van der Waals surface area contributed by atoms with E-state index in [1.54, 1.807) is 0 Å². The van der Waals surface area contributed by atoms with Crippen LogP contribution < -0.4 is 5.73 Å². The molecule has 3 heteroatoms. The maximum atomic E-state index is 5.97. The van der Waals surface area contributed by atoms with Crippen LogP contribution in [0.15, 0.2) is 11.4 Å². The van der Waals surface area contributed by atoms with Crippen LogP contribution in [0, 0.1) is 12.8 Å². The zero-order chi connectivity index (χ0) is 12.3. The van der Waals surface area contributed by atoms with Gasteiger partial charge < -0.3 is 5.73 Å². The van der Waals surface area contributed by atoms with Crippen molar-refractivity contribution < 1.29 is 0 Å². The zero-order valence-corrected chi connectivity index (χ0v) is 12.4. The van der Waals surface area contributed by atoms with Crippen molar-refractivity contribution in [2.75, 3.05) is 6.54 Å². The first-order valence-corrected chi connectivity index (χ1v) is 8.42. The molecule has 3 atom stereocenters. The largest absolute Gasteiger partial charge is 0.329 e. The lowest BCUT2D eigenvalue weighted by molar-refractivity contribution is 0.393. The molecule has 1 aromatic heterocycles. The maximum Gasteiger partial charge on any atom is 0.0518 e. The summed E-state index contributed by atoms with van der Waals surface area (Å²) in [4.78, 5) is 1.50. The predicted octanol–water partition coefficient (Wildman–Crippen LogP) is 4.37. The van der Waals surface area contributed by atoms with Gasteiger partial charge in [-0.25, -0.2) is 0 Å². The first-order valence-electron chi connectivity index (χ1n) is 6.60. The second-order valence-electron chi connectivity index (χ2n) is 5.22. The zero-order valence-electron chi connectivity index (χ0n) is 10.8. The van der Waals surface area contributed by atoms with Crippen molar-refractivity contribution in [2.45, 2.75) is 50.0 Å². The summed E-state index contributed by atoms with van der Waals surface area (Å²) < 4.78 is 0. The molecule has 0 saturated heterocycles. The number of nitrogens with two attached hydrogens (primary N) is 1. The van der Waals surface area contributed by atoms with Gasteiger partial charge in [-0.15, -0.1) is 23.1 Å². The SMILES string of the molecule is Cc1ccsc1C(CN)SC1CCCC(C)C1. The van der Waals surface area contributed by atoms with E-state index in [0.717, 1.165) is 17.7 Å². The van der Waals surface area contributed by atoms with Crippen LogP contribution >= 0.6 is 23.1 Å². The van der Waals surface area contributed by atoms with Crippen molar-refractivity contribution in [3.63, 3.8) is 0 Å². The van der Waals surface area contributed by atoms with Crippen molar-refractivity contribution in [2.24, 2.45) is 11.7 Å². The van der Waals surface area contributed by atoms with Crippen molar-refractivity contribution in [1.82, 2.24) is 0 Å². The van der Waals surface area contributed by atoms with Gasteiger partial charge in [0.1, 0.15) is 0 Å². The van der Waals surface area contributed by atoms with Crippen LogP contribution in [0.4, 0.5) is 0 Å². The van der Waals surface area contributed by atoms with Crippen LogP contribution in [0.5, 0.6) is 0 Å². The van der Waals surface area contributed by atoms with Crippen molar-refractivity contribution in [3.05, 3.63) is 21.9 Å². The van der Waals surface area contributed by atoms with Gasteiger partial charge in [-0.05, 0) is 42.7 Å². The molecule has 1 aliphatic rings. The Bertz CT molecular complexity index is 348. The first kappa shape index (κ1) is 13.4. The molecule has 17 heavy (non-hydrogen) atoms. The molecule has 0 aromatic carbocycles. The Morgan fingerprint density at radius 2 is 2.35 bits per heavy atom. The number of rotatable bonds is 4. The van der Waals surface area contributed by atoms with E-state index in [4.69, 9.17) is 5.73 Å². The van der Waals surface area contributed by atoms with Gasteiger partial charge in [-0.1, -0.05) is 19.8 Å². The summed E-state index contributed by atoms with van der Waals surface area (Å²) in [5.41, 5.74) is 7.39. The molecule has 96 valence electrons. The fraction of sp³-hybridized carbons (Fsp3) is 0.714. The van der Waals surface area contributed by atoms with Crippen molar-refractivity contribution >= 4 is 23.1 Å². The summed E-state index contributed by atoms with van der Waals surface area (Å²) in [7, 11) is 0. The van der Waals surface area contributed by atoms with E-state index in [2.05, 4.69) is 37.1 Å². The van der Waals surface area contributed by atoms with E-state index in [1.807, 2.05) is 11.3 Å². The molecule has 1 nitrogen and oxygen atoms in total. The molecule has 2 N–H and O–H groups in total. The molecule has 1 saturated carbocycles. The van der Waals surface area contributed by atoms with Crippen LogP contribution in [0.2, 0.25) is 0 Å². The highest BCUT2D eigenvalue weighted by molar-refractivity contribution is 8.00. The van der Waals surface area contributed by atoms with Crippen LogP contribution in [0.1, 0.15) is 48.3 Å². The van der Waals surface area contributed by atoms with Crippen molar-refractivity contribution in [3.8, 4) is 0 Å². The minimum absolute atomic E-state index is 0.519. The summed E-state index contributed by atoms with van der Waals surface area (Å²) in [6.07, 6.45) is 5.59. The van der Waals surface area contributed by atoms with Gasteiger partial charge in [0.25, 0.3) is 0 Å². The maximum absolute atomic E-state index is 5.97. The number of thiophene rings is 1. The molecule has 1 heterocycles. The van der Waals surface area contributed by atoms with E-state index < -0.39 is 0 Å². The second kappa shape index (κ2) is 6.26. The third-order valence-corrected chi connectivity index (χ3v) is 6.50. The van der Waals surface area contributed by atoms with Gasteiger partial charge in [0.2, 0.25) is 0 Å². The number of hydrogen-bond donors (Lipinski definition) is 1.